The maximum absolute atomic E-state index is 12.6. The normalized spacial score (nSPS) is 17.1. The topological polar surface area (TPSA) is 24.9 Å². The minimum absolute atomic E-state index is 0.140. The molecule has 2 nitrogen and oxygen atoms in total. The monoisotopic (exact) mass is 278 g/mol. The average molecular weight is 279 g/mol. The van der Waals surface area contributed by atoms with E-state index in [4.69, 9.17) is 11.6 Å². The highest BCUT2D eigenvalue weighted by molar-refractivity contribution is 6.29. The summed E-state index contributed by atoms with van der Waals surface area (Å²) in [6.45, 7) is 0.657. The van der Waals surface area contributed by atoms with Gasteiger partial charge in [0.1, 0.15) is 11.0 Å². The Labute approximate surface area is 109 Å². The van der Waals surface area contributed by atoms with Crippen LogP contribution in [0.3, 0.4) is 0 Å². The number of hydrogen-bond acceptors (Lipinski definition) is 2. The molecular formula is C12H14ClF3N2. The Morgan fingerprint density at radius 1 is 1.28 bits per heavy atom. The van der Waals surface area contributed by atoms with E-state index < -0.39 is 11.7 Å². The molecule has 0 atom stereocenters. The third-order valence-corrected chi connectivity index (χ3v) is 3.36. The van der Waals surface area contributed by atoms with Crippen LogP contribution in [0.5, 0.6) is 0 Å². The van der Waals surface area contributed by atoms with Gasteiger partial charge in [-0.05, 0) is 30.9 Å². The van der Waals surface area contributed by atoms with Crippen molar-refractivity contribution in [3.63, 3.8) is 0 Å². The fourth-order valence-corrected chi connectivity index (χ4v) is 2.42. The number of nitrogens with one attached hydrogen (secondary N) is 1. The van der Waals surface area contributed by atoms with Crippen molar-refractivity contribution in [2.75, 3.05) is 11.9 Å². The molecule has 0 amide bonds. The maximum Gasteiger partial charge on any atom is 0.416 e. The van der Waals surface area contributed by atoms with Crippen LogP contribution in [0.2, 0.25) is 5.15 Å². The van der Waals surface area contributed by atoms with Gasteiger partial charge in [0.15, 0.2) is 0 Å². The third kappa shape index (κ3) is 3.51. The van der Waals surface area contributed by atoms with Gasteiger partial charge in [-0.15, -0.1) is 0 Å². The summed E-state index contributed by atoms with van der Waals surface area (Å²) in [4.78, 5) is 3.86. The smallest absolute Gasteiger partial charge is 0.370 e. The van der Waals surface area contributed by atoms with E-state index in [9.17, 15) is 13.2 Å². The van der Waals surface area contributed by atoms with Gasteiger partial charge in [-0.2, -0.15) is 13.2 Å². The lowest BCUT2D eigenvalue weighted by atomic mass is 10.1. The van der Waals surface area contributed by atoms with Crippen LogP contribution in [0.15, 0.2) is 12.1 Å². The minimum Gasteiger partial charge on any atom is -0.370 e. The van der Waals surface area contributed by atoms with E-state index in [0.29, 0.717) is 12.5 Å². The number of pyridine rings is 1. The molecule has 0 aliphatic heterocycles. The molecule has 100 valence electrons. The summed E-state index contributed by atoms with van der Waals surface area (Å²) in [5.74, 6) is 0.724. The Bertz CT molecular complexity index is 414. The number of aromatic nitrogens is 1. The van der Waals surface area contributed by atoms with Gasteiger partial charge in [0.25, 0.3) is 0 Å². The van der Waals surface area contributed by atoms with Crippen LogP contribution in [-0.2, 0) is 6.18 Å². The molecule has 0 saturated heterocycles. The lowest BCUT2D eigenvalue weighted by Crippen LogP contribution is -2.13. The number of hydrogen-bond donors (Lipinski definition) is 1. The SMILES string of the molecule is FC(F)(F)c1cc(Cl)nc(NCC2CCCC2)c1. The van der Waals surface area contributed by atoms with Crippen LogP contribution in [-0.4, -0.2) is 11.5 Å². The zero-order valence-corrected chi connectivity index (χ0v) is 10.5. The zero-order chi connectivity index (χ0) is 13.2. The molecule has 1 aromatic heterocycles. The third-order valence-electron chi connectivity index (χ3n) is 3.17. The average Bonchev–Trinajstić information content (AvgIpc) is 2.77. The molecule has 1 N–H and O–H groups in total. The maximum atomic E-state index is 12.6. The molecule has 1 saturated carbocycles. The van der Waals surface area contributed by atoms with Crippen molar-refractivity contribution in [3.8, 4) is 0 Å². The van der Waals surface area contributed by atoms with Crippen LogP contribution in [0.1, 0.15) is 31.2 Å². The fraction of sp³-hybridized carbons (Fsp3) is 0.583. The highest BCUT2D eigenvalue weighted by Gasteiger charge is 2.31. The first kappa shape index (κ1) is 13.5. The van der Waals surface area contributed by atoms with Gasteiger partial charge in [0, 0.05) is 6.54 Å². The van der Waals surface area contributed by atoms with E-state index in [1.165, 1.54) is 12.8 Å². The second kappa shape index (κ2) is 5.34. The van der Waals surface area contributed by atoms with Crippen LogP contribution >= 0.6 is 11.6 Å². The van der Waals surface area contributed by atoms with Crippen molar-refractivity contribution in [1.29, 1.82) is 0 Å². The van der Waals surface area contributed by atoms with Gasteiger partial charge in [0.05, 0.1) is 5.56 Å². The summed E-state index contributed by atoms with van der Waals surface area (Å²) in [6.07, 6.45) is 0.252. The molecule has 1 fully saturated rings. The molecule has 0 aromatic carbocycles. The summed E-state index contributed by atoms with van der Waals surface area (Å²) >= 11 is 5.60. The Balaban J connectivity index is 2.05. The van der Waals surface area contributed by atoms with E-state index in [2.05, 4.69) is 10.3 Å². The summed E-state index contributed by atoms with van der Waals surface area (Å²) < 4.78 is 37.7. The minimum atomic E-state index is -4.39. The first-order valence-electron chi connectivity index (χ1n) is 5.94. The van der Waals surface area contributed by atoms with Crippen molar-refractivity contribution in [1.82, 2.24) is 4.98 Å². The standard InChI is InChI=1S/C12H14ClF3N2/c13-10-5-9(12(14,15)16)6-11(18-10)17-7-8-3-1-2-4-8/h5-6,8H,1-4,7H2,(H,17,18). The highest BCUT2D eigenvalue weighted by Crippen LogP contribution is 2.32. The largest absolute Gasteiger partial charge is 0.416 e. The number of alkyl halides is 3. The molecule has 0 spiro atoms. The van der Waals surface area contributed by atoms with Gasteiger partial charge in [-0.3, -0.25) is 0 Å². The van der Waals surface area contributed by atoms with E-state index >= 15 is 0 Å². The van der Waals surface area contributed by atoms with Gasteiger partial charge in [-0.1, -0.05) is 24.4 Å². The van der Waals surface area contributed by atoms with E-state index in [1.54, 1.807) is 0 Å². The van der Waals surface area contributed by atoms with Crippen LogP contribution in [0.25, 0.3) is 0 Å². The molecule has 0 bridgehead atoms. The van der Waals surface area contributed by atoms with Crippen molar-refractivity contribution in [3.05, 3.63) is 22.8 Å². The molecule has 6 heteroatoms. The Hall–Kier alpha value is -0.970. The molecule has 0 radical (unpaired) electrons. The summed E-state index contributed by atoms with van der Waals surface area (Å²) in [6, 6.07) is 1.84. The number of nitrogens with zero attached hydrogens (tertiary/aromatic N) is 1. The number of rotatable bonds is 3. The Kier molecular flexibility index (Phi) is 4.00. The van der Waals surface area contributed by atoms with Crippen LogP contribution in [0, 0.1) is 5.92 Å². The van der Waals surface area contributed by atoms with Crippen molar-refractivity contribution >= 4 is 17.4 Å². The van der Waals surface area contributed by atoms with Crippen LogP contribution in [0.4, 0.5) is 19.0 Å². The number of halogens is 4. The van der Waals surface area contributed by atoms with Crippen molar-refractivity contribution in [2.45, 2.75) is 31.9 Å². The summed E-state index contributed by atoms with van der Waals surface area (Å²) in [7, 11) is 0. The summed E-state index contributed by atoms with van der Waals surface area (Å²) in [5.41, 5.74) is -0.767. The predicted molar refractivity (Wildman–Crippen MR) is 64.7 cm³/mol. The van der Waals surface area contributed by atoms with Gasteiger partial charge in [-0.25, -0.2) is 4.98 Å². The van der Waals surface area contributed by atoms with Gasteiger partial charge < -0.3 is 5.32 Å². The Morgan fingerprint density at radius 3 is 2.56 bits per heavy atom. The first-order chi connectivity index (χ1) is 8.45. The Morgan fingerprint density at radius 2 is 1.94 bits per heavy atom. The lowest BCUT2D eigenvalue weighted by molar-refractivity contribution is -0.137. The highest BCUT2D eigenvalue weighted by atomic mass is 35.5. The van der Waals surface area contributed by atoms with Crippen molar-refractivity contribution in [2.24, 2.45) is 5.92 Å². The second-order valence-electron chi connectivity index (χ2n) is 4.59. The molecule has 0 unspecified atom stereocenters. The molecule has 2 rings (SSSR count). The molecule has 18 heavy (non-hydrogen) atoms. The molecule has 1 aliphatic carbocycles. The molecular weight excluding hydrogens is 265 g/mol. The molecule has 1 heterocycles. The fourth-order valence-electron chi connectivity index (χ4n) is 2.21. The number of anilines is 1. The lowest BCUT2D eigenvalue weighted by Gasteiger charge is -2.13. The van der Waals surface area contributed by atoms with Gasteiger partial charge >= 0.3 is 6.18 Å². The second-order valence-corrected chi connectivity index (χ2v) is 4.98. The summed E-state index contributed by atoms with van der Waals surface area (Å²) in [5, 5.41) is 2.80. The molecule has 1 aliphatic rings. The zero-order valence-electron chi connectivity index (χ0n) is 9.73. The van der Waals surface area contributed by atoms with E-state index in [-0.39, 0.29) is 11.0 Å². The van der Waals surface area contributed by atoms with E-state index in [0.717, 1.165) is 25.0 Å². The van der Waals surface area contributed by atoms with Crippen molar-refractivity contribution < 1.29 is 13.2 Å². The molecule has 1 aromatic rings. The quantitative estimate of drug-likeness (QED) is 0.831. The predicted octanol–water partition coefficient (Wildman–Crippen LogP) is 4.36. The van der Waals surface area contributed by atoms with E-state index in [1.807, 2.05) is 0 Å². The van der Waals surface area contributed by atoms with Crippen LogP contribution < -0.4 is 5.32 Å². The first-order valence-corrected chi connectivity index (χ1v) is 6.31. The van der Waals surface area contributed by atoms with Gasteiger partial charge in [0.2, 0.25) is 0 Å².